The van der Waals surface area contributed by atoms with Crippen LogP contribution in [-0.4, -0.2) is 19.1 Å². The zero-order valence-electron chi connectivity index (χ0n) is 6.89. The van der Waals surface area contributed by atoms with E-state index in [9.17, 15) is 0 Å². The van der Waals surface area contributed by atoms with E-state index in [0.29, 0.717) is 0 Å². The van der Waals surface area contributed by atoms with Gasteiger partial charge < -0.3 is 10.6 Å². The fourth-order valence-corrected chi connectivity index (χ4v) is 0.974. The van der Waals surface area contributed by atoms with E-state index >= 15 is 0 Å². The Morgan fingerprint density at radius 2 is 2.27 bits per heavy atom. The summed E-state index contributed by atoms with van der Waals surface area (Å²) in [6.07, 6.45) is 1.80. The summed E-state index contributed by atoms with van der Waals surface area (Å²) in [7, 11) is 3.81. The van der Waals surface area contributed by atoms with E-state index in [1.807, 2.05) is 26.2 Å². The largest absolute Gasteiger partial charge is 0.387 e. The molecule has 1 aromatic rings. The van der Waals surface area contributed by atoms with Crippen molar-refractivity contribution in [3.05, 3.63) is 24.0 Å². The second-order valence-electron chi connectivity index (χ2n) is 2.28. The van der Waals surface area contributed by atoms with Crippen molar-refractivity contribution in [3.8, 4) is 0 Å². The molecule has 0 amide bonds. The van der Waals surface area contributed by atoms with Crippen molar-refractivity contribution < 1.29 is 0 Å². The highest BCUT2D eigenvalue weighted by molar-refractivity contribution is 5.46. The number of pyridine rings is 1. The molecule has 0 atom stereocenters. The van der Waals surface area contributed by atoms with Crippen LogP contribution in [0.2, 0.25) is 0 Å². The lowest BCUT2D eigenvalue weighted by Gasteiger charge is -2.05. The first kappa shape index (κ1) is 8.01. The second-order valence-corrected chi connectivity index (χ2v) is 2.28. The Bertz CT molecular complexity index is 222. The third kappa shape index (κ3) is 1.91. The molecule has 3 nitrogen and oxygen atoms in total. The predicted molar refractivity (Wildman–Crippen MR) is 46.5 cm³/mol. The Hall–Kier alpha value is -1.09. The van der Waals surface area contributed by atoms with Crippen LogP contribution in [0.3, 0.4) is 0 Å². The molecule has 0 radical (unpaired) electrons. The lowest BCUT2D eigenvalue weighted by atomic mass is 10.3. The molecule has 2 N–H and O–H groups in total. The molecule has 0 fully saturated rings. The molecular weight excluding hydrogens is 138 g/mol. The van der Waals surface area contributed by atoms with Crippen molar-refractivity contribution in [2.24, 2.45) is 0 Å². The maximum atomic E-state index is 4.21. The lowest BCUT2D eigenvalue weighted by Crippen LogP contribution is -2.09. The van der Waals surface area contributed by atoms with Crippen molar-refractivity contribution in [3.63, 3.8) is 0 Å². The molecule has 11 heavy (non-hydrogen) atoms. The lowest BCUT2D eigenvalue weighted by molar-refractivity contribution is 0.793. The standard InChI is InChI=1S/C8H13N3/c1-9-6-8-7(10-2)4-3-5-11-8/h3-5,9-10H,6H2,1-2H3. The zero-order valence-corrected chi connectivity index (χ0v) is 6.89. The first-order chi connectivity index (χ1) is 5.38. The van der Waals surface area contributed by atoms with Crippen LogP contribution in [0.5, 0.6) is 0 Å². The third-order valence-corrected chi connectivity index (χ3v) is 1.50. The van der Waals surface area contributed by atoms with Gasteiger partial charge >= 0.3 is 0 Å². The molecule has 0 aliphatic rings. The van der Waals surface area contributed by atoms with Gasteiger partial charge in [0.1, 0.15) is 0 Å². The number of aromatic nitrogens is 1. The van der Waals surface area contributed by atoms with E-state index in [1.54, 1.807) is 6.20 Å². The Morgan fingerprint density at radius 3 is 2.91 bits per heavy atom. The highest BCUT2D eigenvalue weighted by atomic mass is 14.9. The molecule has 60 valence electrons. The molecule has 1 rings (SSSR count). The highest BCUT2D eigenvalue weighted by Gasteiger charge is 1.97. The Kier molecular flexibility index (Phi) is 2.86. The quantitative estimate of drug-likeness (QED) is 0.672. The van der Waals surface area contributed by atoms with Crippen LogP contribution in [0, 0.1) is 0 Å². The maximum absolute atomic E-state index is 4.21. The van der Waals surface area contributed by atoms with Gasteiger partial charge in [-0.25, -0.2) is 0 Å². The smallest absolute Gasteiger partial charge is 0.0772 e. The Balaban J connectivity index is 2.83. The van der Waals surface area contributed by atoms with Crippen LogP contribution < -0.4 is 10.6 Å². The average molecular weight is 151 g/mol. The van der Waals surface area contributed by atoms with Crippen molar-refractivity contribution in [2.75, 3.05) is 19.4 Å². The molecular formula is C8H13N3. The number of anilines is 1. The van der Waals surface area contributed by atoms with Gasteiger partial charge in [-0.1, -0.05) is 0 Å². The van der Waals surface area contributed by atoms with Gasteiger partial charge in [-0.3, -0.25) is 4.98 Å². The fraction of sp³-hybridized carbons (Fsp3) is 0.375. The summed E-state index contributed by atoms with van der Waals surface area (Å²) < 4.78 is 0. The van der Waals surface area contributed by atoms with Crippen LogP contribution >= 0.6 is 0 Å². The molecule has 0 unspecified atom stereocenters. The minimum atomic E-state index is 0.803. The topological polar surface area (TPSA) is 37.0 Å². The first-order valence-corrected chi connectivity index (χ1v) is 3.64. The van der Waals surface area contributed by atoms with E-state index in [4.69, 9.17) is 0 Å². The Morgan fingerprint density at radius 1 is 1.45 bits per heavy atom. The van der Waals surface area contributed by atoms with Crippen LogP contribution in [0.25, 0.3) is 0 Å². The molecule has 0 bridgehead atoms. The van der Waals surface area contributed by atoms with E-state index < -0.39 is 0 Å². The molecule has 0 aliphatic carbocycles. The average Bonchev–Trinajstić information content (AvgIpc) is 2.06. The monoisotopic (exact) mass is 151 g/mol. The van der Waals surface area contributed by atoms with E-state index in [1.165, 1.54) is 0 Å². The summed E-state index contributed by atoms with van der Waals surface area (Å²) in [5.41, 5.74) is 2.14. The normalized spacial score (nSPS) is 9.64. The minimum absolute atomic E-state index is 0.803. The molecule has 1 heterocycles. The minimum Gasteiger partial charge on any atom is -0.387 e. The molecule has 0 spiro atoms. The van der Waals surface area contributed by atoms with Crippen molar-refractivity contribution in [1.29, 1.82) is 0 Å². The molecule has 0 saturated heterocycles. The summed E-state index contributed by atoms with van der Waals surface area (Å²) in [6.45, 7) is 0.803. The van der Waals surface area contributed by atoms with Crippen molar-refractivity contribution >= 4 is 5.69 Å². The summed E-state index contributed by atoms with van der Waals surface area (Å²) in [5.74, 6) is 0. The second kappa shape index (κ2) is 3.93. The van der Waals surface area contributed by atoms with Gasteiger partial charge in [0.05, 0.1) is 11.4 Å². The number of nitrogens with one attached hydrogen (secondary N) is 2. The van der Waals surface area contributed by atoms with Gasteiger partial charge in [0.25, 0.3) is 0 Å². The van der Waals surface area contributed by atoms with Gasteiger partial charge in [-0.05, 0) is 19.2 Å². The zero-order chi connectivity index (χ0) is 8.10. The van der Waals surface area contributed by atoms with Gasteiger partial charge in [0.2, 0.25) is 0 Å². The summed E-state index contributed by atoms with van der Waals surface area (Å²) in [4.78, 5) is 4.21. The summed E-state index contributed by atoms with van der Waals surface area (Å²) in [6, 6.07) is 3.94. The number of hydrogen-bond donors (Lipinski definition) is 2. The number of rotatable bonds is 3. The van der Waals surface area contributed by atoms with E-state index in [0.717, 1.165) is 17.9 Å². The van der Waals surface area contributed by atoms with E-state index in [2.05, 4.69) is 15.6 Å². The third-order valence-electron chi connectivity index (χ3n) is 1.50. The highest BCUT2D eigenvalue weighted by Crippen LogP contribution is 2.09. The SMILES string of the molecule is CNCc1ncccc1NC. The summed E-state index contributed by atoms with van der Waals surface area (Å²) in [5, 5.41) is 6.13. The number of hydrogen-bond acceptors (Lipinski definition) is 3. The molecule has 3 heteroatoms. The van der Waals surface area contributed by atoms with Crippen LogP contribution in [0.1, 0.15) is 5.69 Å². The molecule has 0 aliphatic heterocycles. The molecule has 0 saturated carbocycles. The van der Waals surface area contributed by atoms with Crippen molar-refractivity contribution in [1.82, 2.24) is 10.3 Å². The predicted octanol–water partition coefficient (Wildman–Crippen LogP) is 0.843. The van der Waals surface area contributed by atoms with Crippen LogP contribution in [-0.2, 0) is 6.54 Å². The van der Waals surface area contributed by atoms with Gasteiger partial charge in [0.15, 0.2) is 0 Å². The maximum Gasteiger partial charge on any atom is 0.0772 e. The molecule has 0 aromatic carbocycles. The van der Waals surface area contributed by atoms with Crippen LogP contribution in [0.4, 0.5) is 5.69 Å². The van der Waals surface area contributed by atoms with Gasteiger partial charge in [0, 0.05) is 19.8 Å². The first-order valence-electron chi connectivity index (χ1n) is 3.64. The Labute approximate surface area is 66.8 Å². The molecule has 1 aromatic heterocycles. The van der Waals surface area contributed by atoms with Gasteiger partial charge in [-0.2, -0.15) is 0 Å². The summed E-state index contributed by atoms with van der Waals surface area (Å²) >= 11 is 0. The van der Waals surface area contributed by atoms with Crippen LogP contribution in [0.15, 0.2) is 18.3 Å². The number of nitrogens with zero attached hydrogens (tertiary/aromatic N) is 1. The van der Waals surface area contributed by atoms with Gasteiger partial charge in [-0.15, -0.1) is 0 Å². The van der Waals surface area contributed by atoms with E-state index in [-0.39, 0.29) is 0 Å². The fourth-order valence-electron chi connectivity index (χ4n) is 0.974. The van der Waals surface area contributed by atoms with Crippen molar-refractivity contribution in [2.45, 2.75) is 6.54 Å².